The fraction of sp³-hybridized carbons (Fsp3) is 0.333. The van der Waals surface area contributed by atoms with Gasteiger partial charge in [-0.1, -0.05) is 42.8 Å². The van der Waals surface area contributed by atoms with E-state index in [2.05, 4.69) is 16.8 Å². The highest BCUT2D eigenvalue weighted by molar-refractivity contribution is 6.31. The molecule has 0 unspecified atom stereocenters. The average molecular weight is 424 g/mol. The van der Waals surface area contributed by atoms with Crippen LogP contribution in [-0.4, -0.2) is 46.5 Å². The van der Waals surface area contributed by atoms with Crippen LogP contribution in [-0.2, 0) is 0 Å². The molecule has 4 rings (SSSR count). The molecule has 1 N–H and O–H groups in total. The van der Waals surface area contributed by atoms with Gasteiger partial charge in [0, 0.05) is 28.1 Å². The predicted molar refractivity (Wildman–Crippen MR) is 124 cm³/mol. The first kappa shape index (κ1) is 20.6. The maximum atomic E-state index is 13.2. The summed E-state index contributed by atoms with van der Waals surface area (Å²) in [5.74, 6) is -0.119. The molecular formula is C24H26ClN3O2. The Hall–Kier alpha value is -2.63. The number of likely N-dealkylation sites (N-methyl/N-ethyl adjacent to an activating group) is 1. The van der Waals surface area contributed by atoms with Gasteiger partial charge >= 0.3 is 0 Å². The van der Waals surface area contributed by atoms with Crippen LogP contribution in [0.5, 0.6) is 5.88 Å². The molecule has 5 nitrogen and oxygen atoms in total. The predicted octanol–water partition coefficient (Wildman–Crippen LogP) is 4.56. The summed E-state index contributed by atoms with van der Waals surface area (Å²) >= 11 is 6.28. The number of likely N-dealkylation sites (tertiary alicyclic amines) is 1. The molecular weight excluding hydrogens is 398 g/mol. The highest BCUT2D eigenvalue weighted by Crippen LogP contribution is 2.29. The number of aromatic hydroxyl groups is 1. The second kappa shape index (κ2) is 8.62. The minimum absolute atomic E-state index is 0.119. The summed E-state index contributed by atoms with van der Waals surface area (Å²) < 4.78 is 1.33. The summed E-state index contributed by atoms with van der Waals surface area (Å²) in [5.41, 5.74) is 1.57. The molecule has 1 saturated heterocycles. The molecule has 2 heterocycles. The van der Waals surface area contributed by atoms with E-state index in [0.29, 0.717) is 39.6 Å². The number of fused-ring (bicyclic) bond motifs is 1. The van der Waals surface area contributed by atoms with Gasteiger partial charge in [0.1, 0.15) is 0 Å². The van der Waals surface area contributed by atoms with Gasteiger partial charge in [-0.2, -0.15) is 0 Å². The zero-order valence-corrected chi connectivity index (χ0v) is 18.1. The van der Waals surface area contributed by atoms with Crippen LogP contribution in [0.25, 0.3) is 16.5 Å². The Labute approximate surface area is 181 Å². The Bertz CT molecular complexity index is 1170. The van der Waals surface area contributed by atoms with Crippen molar-refractivity contribution in [3.05, 3.63) is 69.0 Å². The topological polar surface area (TPSA) is 57.8 Å². The first-order valence-electron chi connectivity index (χ1n) is 10.4. The van der Waals surface area contributed by atoms with Gasteiger partial charge in [0.25, 0.3) is 5.56 Å². The summed E-state index contributed by atoms with van der Waals surface area (Å²) in [6.07, 6.45) is 4.04. The van der Waals surface area contributed by atoms with Crippen molar-refractivity contribution in [2.45, 2.75) is 32.7 Å². The van der Waals surface area contributed by atoms with Crippen LogP contribution < -0.4 is 5.56 Å². The molecule has 6 heteroatoms. The van der Waals surface area contributed by atoms with E-state index in [-0.39, 0.29) is 11.4 Å². The first-order chi connectivity index (χ1) is 14.5. The SMILES string of the molecule is CCN1CCC[C@H]1CN=Cc1c(O)n(-c2cccc(Cl)c2C)c(=O)c2ccccc12. The standard InChI is InChI=1S/C24H26ClN3O2/c1-3-27-13-7-8-17(27)14-26-15-20-18-9-4-5-10-19(18)23(29)28(24(20)30)22-12-6-11-21(25)16(22)2/h4-6,9-12,15,17,30H,3,7-8,13-14H2,1-2H3/t17-/m0/s1. The van der Waals surface area contributed by atoms with Crippen molar-refractivity contribution in [2.24, 2.45) is 4.99 Å². The van der Waals surface area contributed by atoms with Crippen LogP contribution in [0.3, 0.4) is 0 Å². The van der Waals surface area contributed by atoms with E-state index in [1.807, 2.05) is 25.1 Å². The van der Waals surface area contributed by atoms with E-state index in [1.54, 1.807) is 30.5 Å². The van der Waals surface area contributed by atoms with Crippen molar-refractivity contribution in [1.82, 2.24) is 9.47 Å². The van der Waals surface area contributed by atoms with Gasteiger partial charge in [-0.05, 0) is 56.6 Å². The number of nitrogens with zero attached hydrogens (tertiary/aromatic N) is 3. The van der Waals surface area contributed by atoms with Crippen molar-refractivity contribution >= 4 is 28.6 Å². The van der Waals surface area contributed by atoms with Gasteiger partial charge in [0.2, 0.25) is 5.88 Å². The van der Waals surface area contributed by atoms with Crippen LogP contribution in [0.4, 0.5) is 0 Å². The molecule has 1 aromatic heterocycles. The quantitative estimate of drug-likeness (QED) is 0.612. The molecule has 1 atom stereocenters. The summed E-state index contributed by atoms with van der Waals surface area (Å²) in [4.78, 5) is 20.3. The van der Waals surface area contributed by atoms with E-state index in [1.165, 1.54) is 11.0 Å². The number of hydrogen-bond acceptors (Lipinski definition) is 4. The number of halogens is 1. The van der Waals surface area contributed by atoms with Gasteiger partial charge in [0.05, 0.1) is 17.8 Å². The van der Waals surface area contributed by atoms with Gasteiger partial charge in [-0.25, -0.2) is 4.57 Å². The molecule has 30 heavy (non-hydrogen) atoms. The van der Waals surface area contributed by atoms with E-state index < -0.39 is 0 Å². The van der Waals surface area contributed by atoms with Crippen molar-refractivity contribution in [3.8, 4) is 11.6 Å². The Balaban J connectivity index is 1.84. The average Bonchev–Trinajstić information content (AvgIpc) is 3.21. The molecule has 1 aliphatic rings. The lowest BCUT2D eigenvalue weighted by Gasteiger charge is -2.20. The summed E-state index contributed by atoms with van der Waals surface area (Å²) in [5, 5.41) is 12.9. The van der Waals surface area contributed by atoms with Crippen molar-refractivity contribution in [3.63, 3.8) is 0 Å². The highest BCUT2D eigenvalue weighted by Gasteiger charge is 2.22. The minimum Gasteiger partial charge on any atom is -0.494 e. The highest BCUT2D eigenvalue weighted by atomic mass is 35.5. The monoisotopic (exact) mass is 423 g/mol. The van der Waals surface area contributed by atoms with E-state index in [9.17, 15) is 9.90 Å². The third-order valence-corrected chi connectivity index (χ3v) is 6.43. The van der Waals surface area contributed by atoms with Crippen molar-refractivity contribution < 1.29 is 5.11 Å². The van der Waals surface area contributed by atoms with Gasteiger partial charge in [-0.3, -0.25) is 14.7 Å². The number of pyridine rings is 1. The third-order valence-electron chi connectivity index (χ3n) is 6.03. The van der Waals surface area contributed by atoms with Crippen molar-refractivity contribution in [2.75, 3.05) is 19.6 Å². The zero-order chi connectivity index (χ0) is 21.3. The zero-order valence-electron chi connectivity index (χ0n) is 17.3. The molecule has 1 aliphatic heterocycles. The lowest BCUT2D eigenvalue weighted by molar-refractivity contribution is 0.273. The van der Waals surface area contributed by atoms with Crippen LogP contribution in [0, 0.1) is 6.92 Å². The summed E-state index contributed by atoms with van der Waals surface area (Å²) in [6.45, 7) is 6.82. The van der Waals surface area contributed by atoms with Crippen LogP contribution >= 0.6 is 11.6 Å². The number of hydrogen-bond donors (Lipinski definition) is 1. The smallest absolute Gasteiger partial charge is 0.265 e. The van der Waals surface area contributed by atoms with Gasteiger partial charge in [0.15, 0.2) is 0 Å². The lowest BCUT2D eigenvalue weighted by atomic mass is 10.1. The van der Waals surface area contributed by atoms with Gasteiger partial charge < -0.3 is 5.11 Å². The summed E-state index contributed by atoms with van der Waals surface area (Å²) in [6, 6.07) is 13.1. The van der Waals surface area contributed by atoms with Crippen LogP contribution in [0.15, 0.2) is 52.3 Å². The fourth-order valence-corrected chi connectivity index (χ4v) is 4.50. The van der Waals surface area contributed by atoms with Crippen LogP contribution in [0.2, 0.25) is 5.02 Å². The summed E-state index contributed by atoms with van der Waals surface area (Å²) in [7, 11) is 0. The Morgan fingerprint density at radius 2 is 1.97 bits per heavy atom. The fourth-order valence-electron chi connectivity index (χ4n) is 4.34. The molecule has 2 aromatic carbocycles. The normalized spacial score (nSPS) is 17.4. The van der Waals surface area contributed by atoms with E-state index in [4.69, 9.17) is 11.6 Å². The van der Waals surface area contributed by atoms with Gasteiger partial charge in [-0.15, -0.1) is 0 Å². The third kappa shape index (κ3) is 3.64. The number of aromatic nitrogens is 1. The number of benzene rings is 2. The maximum absolute atomic E-state index is 13.2. The number of rotatable bonds is 5. The first-order valence-corrected chi connectivity index (χ1v) is 10.8. The molecule has 0 aliphatic carbocycles. The Morgan fingerprint density at radius 3 is 2.73 bits per heavy atom. The molecule has 0 amide bonds. The maximum Gasteiger partial charge on any atom is 0.265 e. The van der Waals surface area contributed by atoms with Crippen molar-refractivity contribution in [1.29, 1.82) is 0 Å². The molecule has 1 fully saturated rings. The lowest BCUT2D eigenvalue weighted by Crippen LogP contribution is -2.31. The second-order valence-corrected chi connectivity index (χ2v) is 8.13. The Kier molecular flexibility index (Phi) is 5.93. The molecule has 156 valence electrons. The molecule has 3 aromatic rings. The van der Waals surface area contributed by atoms with E-state index >= 15 is 0 Å². The second-order valence-electron chi connectivity index (χ2n) is 7.73. The number of aliphatic imine (C=N–C) groups is 1. The minimum atomic E-state index is -0.279. The molecule has 0 bridgehead atoms. The molecule has 0 radical (unpaired) electrons. The molecule has 0 spiro atoms. The largest absolute Gasteiger partial charge is 0.494 e. The van der Waals surface area contributed by atoms with Crippen LogP contribution in [0.1, 0.15) is 30.9 Å². The molecule has 0 saturated carbocycles. The van der Waals surface area contributed by atoms with E-state index in [0.717, 1.165) is 25.1 Å². The Morgan fingerprint density at radius 1 is 1.20 bits per heavy atom.